The zero-order valence-corrected chi connectivity index (χ0v) is 15.7. The number of rotatable bonds is 5. The van der Waals surface area contributed by atoms with Crippen molar-refractivity contribution in [2.75, 3.05) is 5.32 Å². The van der Waals surface area contributed by atoms with Gasteiger partial charge in [-0.1, -0.05) is 55.8 Å². The van der Waals surface area contributed by atoms with E-state index in [2.05, 4.69) is 24.5 Å². The molecule has 1 fully saturated rings. The Morgan fingerprint density at radius 2 is 1.65 bits per heavy atom. The number of para-hydroxylation sites is 1. The number of hydrogen-bond acceptors (Lipinski definition) is 2. The van der Waals surface area contributed by atoms with E-state index in [-0.39, 0.29) is 12.0 Å². The fourth-order valence-electron chi connectivity index (χ4n) is 3.07. The number of benzene rings is 2. The van der Waals surface area contributed by atoms with E-state index in [0.29, 0.717) is 16.6 Å². The molecule has 0 aliphatic heterocycles. The Hall–Kier alpha value is -2.33. The summed E-state index contributed by atoms with van der Waals surface area (Å²) in [4.78, 5) is 24.9. The van der Waals surface area contributed by atoms with E-state index in [1.807, 2.05) is 36.4 Å². The molecule has 1 aliphatic rings. The van der Waals surface area contributed by atoms with Crippen molar-refractivity contribution >= 4 is 29.1 Å². The third-order valence-corrected chi connectivity index (χ3v) is 4.90. The van der Waals surface area contributed by atoms with Crippen LogP contribution in [0.5, 0.6) is 0 Å². The van der Waals surface area contributed by atoms with Crippen LogP contribution in [0.3, 0.4) is 0 Å². The Morgan fingerprint density at radius 1 is 1.00 bits per heavy atom. The van der Waals surface area contributed by atoms with Gasteiger partial charge in [0.05, 0.1) is 6.04 Å². The molecule has 1 aliphatic carbocycles. The summed E-state index contributed by atoms with van der Waals surface area (Å²) in [6, 6.07) is 14.8. The van der Waals surface area contributed by atoms with Gasteiger partial charge in [0.25, 0.3) is 0 Å². The highest BCUT2D eigenvalue weighted by Gasteiger charge is 2.34. The molecule has 0 heterocycles. The number of nitrogens with one attached hydrogen (secondary N) is 2. The maximum Gasteiger partial charge on any atom is 0.313 e. The van der Waals surface area contributed by atoms with Crippen molar-refractivity contribution in [3.63, 3.8) is 0 Å². The minimum atomic E-state index is -0.641. The van der Waals surface area contributed by atoms with Crippen LogP contribution in [-0.2, 0) is 9.59 Å². The lowest BCUT2D eigenvalue weighted by Crippen LogP contribution is -2.38. The molecule has 0 saturated heterocycles. The fourth-order valence-corrected chi connectivity index (χ4v) is 3.20. The van der Waals surface area contributed by atoms with Crippen molar-refractivity contribution < 1.29 is 9.59 Å². The summed E-state index contributed by atoms with van der Waals surface area (Å²) in [6.07, 6.45) is 2.09. The van der Waals surface area contributed by atoms with Gasteiger partial charge in [-0.05, 0) is 54.0 Å². The average Bonchev–Trinajstić information content (AvgIpc) is 3.45. The topological polar surface area (TPSA) is 58.2 Å². The standard InChI is InChI=1S/C21H23ClN2O2/c1-13(2)17-5-3-4-6-18(17)23-20(25)21(26)24-19(14-7-8-14)15-9-11-16(22)12-10-15/h3-6,9-14,19H,7-8H2,1-2H3,(H,23,25)(H,24,26). The van der Waals surface area contributed by atoms with Gasteiger partial charge in [0.15, 0.2) is 0 Å². The monoisotopic (exact) mass is 370 g/mol. The Bertz CT molecular complexity index is 798. The van der Waals surface area contributed by atoms with Gasteiger partial charge in [-0.3, -0.25) is 9.59 Å². The van der Waals surface area contributed by atoms with Crippen molar-refractivity contribution in [2.24, 2.45) is 5.92 Å². The maximum atomic E-state index is 12.5. The van der Waals surface area contributed by atoms with Crippen molar-refractivity contribution in [1.82, 2.24) is 5.32 Å². The van der Waals surface area contributed by atoms with Crippen LogP contribution in [0, 0.1) is 5.92 Å². The molecular formula is C21H23ClN2O2. The summed E-state index contributed by atoms with van der Waals surface area (Å²) < 4.78 is 0. The molecule has 1 saturated carbocycles. The first kappa shape index (κ1) is 18.5. The summed E-state index contributed by atoms with van der Waals surface area (Å²) in [5, 5.41) is 6.28. The second kappa shape index (κ2) is 7.92. The van der Waals surface area contributed by atoms with Crippen molar-refractivity contribution in [3.8, 4) is 0 Å². The molecule has 2 amide bonds. The van der Waals surface area contributed by atoms with Crippen LogP contribution in [0.25, 0.3) is 0 Å². The third-order valence-electron chi connectivity index (χ3n) is 4.65. The minimum absolute atomic E-state index is 0.161. The molecule has 0 spiro atoms. The van der Waals surface area contributed by atoms with Crippen molar-refractivity contribution in [3.05, 3.63) is 64.7 Å². The molecule has 2 N–H and O–H groups in total. The smallest absolute Gasteiger partial charge is 0.313 e. The van der Waals surface area contributed by atoms with E-state index in [9.17, 15) is 9.59 Å². The second-order valence-electron chi connectivity index (χ2n) is 7.04. The van der Waals surface area contributed by atoms with Crippen LogP contribution in [0.1, 0.15) is 49.8 Å². The van der Waals surface area contributed by atoms with Gasteiger partial charge in [-0.2, -0.15) is 0 Å². The molecule has 4 nitrogen and oxygen atoms in total. The molecule has 26 heavy (non-hydrogen) atoms. The van der Waals surface area contributed by atoms with Crippen LogP contribution in [0.4, 0.5) is 5.69 Å². The normalized spacial score (nSPS) is 14.8. The zero-order valence-electron chi connectivity index (χ0n) is 15.0. The average molecular weight is 371 g/mol. The molecule has 2 aromatic carbocycles. The van der Waals surface area contributed by atoms with E-state index in [1.165, 1.54) is 0 Å². The molecule has 0 radical (unpaired) electrons. The first-order chi connectivity index (χ1) is 12.5. The zero-order chi connectivity index (χ0) is 18.7. The molecule has 1 unspecified atom stereocenters. The molecule has 0 aromatic heterocycles. The highest BCUT2D eigenvalue weighted by atomic mass is 35.5. The van der Waals surface area contributed by atoms with Gasteiger partial charge in [0, 0.05) is 10.7 Å². The Labute approximate surface area is 158 Å². The quantitative estimate of drug-likeness (QED) is 0.751. The fraction of sp³-hybridized carbons (Fsp3) is 0.333. The van der Waals surface area contributed by atoms with Crippen LogP contribution in [0.2, 0.25) is 5.02 Å². The summed E-state index contributed by atoms with van der Waals surface area (Å²) in [5.74, 6) is -0.633. The molecular weight excluding hydrogens is 348 g/mol. The van der Waals surface area contributed by atoms with E-state index in [1.54, 1.807) is 12.1 Å². The summed E-state index contributed by atoms with van der Waals surface area (Å²) >= 11 is 5.95. The van der Waals surface area contributed by atoms with E-state index < -0.39 is 11.8 Å². The summed E-state index contributed by atoms with van der Waals surface area (Å²) in [5.41, 5.74) is 2.66. The summed E-state index contributed by atoms with van der Waals surface area (Å²) in [7, 11) is 0. The number of carbonyl (C=O) groups is 2. The Morgan fingerprint density at radius 3 is 2.27 bits per heavy atom. The van der Waals surface area contributed by atoms with Crippen molar-refractivity contribution in [1.29, 1.82) is 0 Å². The number of anilines is 1. The lowest BCUT2D eigenvalue weighted by Gasteiger charge is -2.19. The predicted molar refractivity (Wildman–Crippen MR) is 104 cm³/mol. The highest BCUT2D eigenvalue weighted by molar-refractivity contribution is 6.39. The maximum absolute atomic E-state index is 12.5. The Balaban J connectivity index is 1.70. The van der Waals surface area contributed by atoms with Gasteiger partial charge >= 0.3 is 11.8 Å². The van der Waals surface area contributed by atoms with Gasteiger partial charge in [-0.25, -0.2) is 0 Å². The first-order valence-corrected chi connectivity index (χ1v) is 9.29. The number of hydrogen-bond donors (Lipinski definition) is 2. The second-order valence-corrected chi connectivity index (χ2v) is 7.47. The number of halogens is 1. The highest BCUT2D eigenvalue weighted by Crippen LogP contribution is 2.41. The number of carbonyl (C=O) groups excluding carboxylic acids is 2. The number of amides is 2. The predicted octanol–water partition coefficient (Wildman–Crippen LogP) is 4.67. The third kappa shape index (κ3) is 4.44. The van der Waals surface area contributed by atoms with Crippen LogP contribution in [-0.4, -0.2) is 11.8 Å². The van der Waals surface area contributed by atoms with Gasteiger partial charge in [0.1, 0.15) is 0 Å². The molecule has 2 aromatic rings. The van der Waals surface area contributed by atoms with E-state index >= 15 is 0 Å². The van der Waals surface area contributed by atoms with Crippen LogP contribution < -0.4 is 10.6 Å². The summed E-state index contributed by atoms with van der Waals surface area (Å²) in [6.45, 7) is 4.10. The first-order valence-electron chi connectivity index (χ1n) is 8.92. The molecule has 1 atom stereocenters. The SMILES string of the molecule is CC(C)c1ccccc1NC(=O)C(=O)NC(c1ccc(Cl)cc1)C1CC1. The van der Waals surface area contributed by atoms with E-state index in [0.717, 1.165) is 24.0 Å². The molecule has 5 heteroatoms. The van der Waals surface area contributed by atoms with Crippen molar-refractivity contribution in [2.45, 2.75) is 38.6 Å². The van der Waals surface area contributed by atoms with Gasteiger partial charge < -0.3 is 10.6 Å². The largest absolute Gasteiger partial charge is 0.341 e. The van der Waals surface area contributed by atoms with Crippen LogP contribution in [0.15, 0.2) is 48.5 Å². The molecule has 0 bridgehead atoms. The van der Waals surface area contributed by atoms with E-state index in [4.69, 9.17) is 11.6 Å². The van der Waals surface area contributed by atoms with Crippen LogP contribution >= 0.6 is 11.6 Å². The minimum Gasteiger partial charge on any atom is -0.341 e. The van der Waals surface area contributed by atoms with Gasteiger partial charge in [-0.15, -0.1) is 0 Å². The van der Waals surface area contributed by atoms with Gasteiger partial charge in [0.2, 0.25) is 0 Å². The Kier molecular flexibility index (Phi) is 5.62. The lowest BCUT2D eigenvalue weighted by atomic mass is 10.0. The molecule has 136 valence electrons. The molecule has 3 rings (SSSR count). The lowest BCUT2D eigenvalue weighted by molar-refractivity contribution is -0.136.